The number of rotatable bonds is 4. The molecule has 0 radical (unpaired) electrons. The first-order chi connectivity index (χ1) is 5.70. The standard InChI is InChI=1S/C10H15NO/c1-3-8(4-2)9(12)10(7-11)5-6-10/h8H,3-6H2,1-2H3. The van der Waals surface area contributed by atoms with Crippen LogP contribution in [0, 0.1) is 22.7 Å². The van der Waals surface area contributed by atoms with E-state index in [4.69, 9.17) is 5.26 Å². The van der Waals surface area contributed by atoms with Crippen LogP contribution < -0.4 is 0 Å². The zero-order valence-electron chi connectivity index (χ0n) is 7.76. The van der Waals surface area contributed by atoms with Crippen LogP contribution in [-0.2, 0) is 4.79 Å². The monoisotopic (exact) mass is 165 g/mol. The van der Waals surface area contributed by atoms with Gasteiger partial charge in [-0.2, -0.15) is 5.26 Å². The van der Waals surface area contributed by atoms with Gasteiger partial charge in [-0.05, 0) is 25.7 Å². The third-order valence-corrected chi connectivity index (χ3v) is 2.79. The van der Waals surface area contributed by atoms with E-state index in [1.165, 1.54) is 0 Å². The molecule has 1 rings (SSSR count). The van der Waals surface area contributed by atoms with Gasteiger partial charge in [0.05, 0.1) is 6.07 Å². The maximum absolute atomic E-state index is 11.7. The molecule has 66 valence electrons. The lowest BCUT2D eigenvalue weighted by Gasteiger charge is -2.13. The summed E-state index contributed by atoms with van der Waals surface area (Å²) < 4.78 is 0. The van der Waals surface area contributed by atoms with E-state index >= 15 is 0 Å². The van der Waals surface area contributed by atoms with Gasteiger partial charge < -0.3 is 0 Å². The minimum absolute atomic E-state index is 0.118. The SMILES string of the molecule is CCC(CC)C(=O)C1(C#N)CC1. The van der Waals surface area contributed by atoms with E-state index < -0.39 is 5.41 Å². The summed E-state index contributed by atoms with van der Waals surface area (Å²) in [5.74, 6) is 0.308. The highest BCUT2D eigenvalue weighted by atomic mass is 16.1. The molecule has 2 heteroatoms. The second-order valence-electron chi connectivity index (χ2n) is 3.57. The molecule has 0 atom stereocenters. The number of nitriles is 1. The van der Waals surface area contributed by atoms with Crippen LogP contribution in [0.15, 0.2) is 0 Å². The van der Waals surface area contributed by atoms with Crippen LogP contribution in [0.4, 0.5) is 0 Å². The summed E-state index contributed by atoms with van der Waals surface area (Å²) in [4.78, 5) is 11.7. The summed E-state index contributed by atoms with van der Waals surface area (Å²) in [7, 11) is 0. The predicted molar refractivity (Wildman–Crippen MR) is 46.4 cm³/mol. The van der Waals surface area contributed by atoms with Crippen molar-refractivity contribution in [1.82, 2.24) is 0 Å². The molecule has 0 bridgehead atoms. The quantitative estimate of drug-likeness (QED) is 0.641. The fourth-order valence-corrected chi connectivity index (χ4v) is 1.59. The van der Waals surface area contributed by atoms with Crippen LogP contribution in [0.3, 0.4) is 0 Å². The molecular formula is C10H15NO. The molecule has 0 heterocycles. The molecule has 0 aliphatic heterocycles. The van der Waals surface area contributed by atoms with E-state index in [0.717, 1.165) is 25.7 Å². The molecule has 0 aromatic heterocycles. The Morgan fingerprint density at radius 3 is 2.25 bits per heavy atom. The second kappa shape index (κ2) is 3.26. The Kier molecular flexibility index (Phi) is 2.52. The molecule has 0 aromatic rings. The molecule has 2 nitrogen and oxygen atoms in total. The maximum atomic E-state index is 11.7. The number of carbonyl (C=O) groups is 1. The molecule has 0 saturated heterocycles. The van der Waals surface area contributed by atoms with Crippen molar-refractivity contribution in [1.29, 1.82) is 5.26 Å². The van der Waals surface area contributed by atoms with Crippen molar-refractivity contribution in [3.05, 3.63) is 0 Å². The third kappa shape index (κ3) is 1.36. The number of hydrogen-bond acceptors (Lipinski definition) is 2. The fraction of sp³-hybridized carbons (Fsp3) is 0.800. The molecule has 0 aromatic carbocycles. The van der Waals surface area contributed by atoms with Crippen LogP contribution in [0.1, 0.15) is 39.5 Å². The van der Waals surface area contributed by atoms with E-state index in [1.54, 1.807) is 0 Å². The molecule has 12 heavy (non-hydrogen) atoms. The van der Waals surface area contributed by atoms with Crippen LogP contribution in [0.25, 0.3) is 0 Å². The van der Waals surface area contributed by atoms with Gasteiger partial charge in [-0.25, -0.2) is 0 Å². The molecule has 1 saturated carbocycles. The van der Waals surface area contributed by atoms with E-state index in [1.807, 2.05) is 13.8 Å². The lowest BCUT2D eigenvalue weighted by molar-refractivity contribution is -0.126. The van der Waals surface area contributed by atoms with Gasteiger partial charge in [0.1, 0.15) is 5.41 Å². The van der Waals surface area contributed by atoms with Crippen LogP contribution in [-0.4, -0.2) is 5.78 Å². The summed E-state index contributed by atoms with van der Waals surface area (Å²) in [6.07, 6.45) is 3.33. The van der Waals surface area contributed by atoms with Gasteiger partial charge in [-0.1, -0.05) is 13.8 Å². The van der Waals surface area contributed by atoms with Crippen molar-refractivity contribution in [2.24, 2.45) is 11.3 Å². The third-order valence-electron chi connectivity index (χ3n) is 2.79. The van der Waals surface area contributed by atoms with Crippen molar-refractivity contribution >= 4 is 5.78 Å². The van der Waals surface area contributed by atoms with Crippen LogP contribution in [0.5, 0.6) is 0 Å². The number of hydrogen-bond donors (Lipinski definition) is 0. The minimum Gasteiger partial charge on any atom is -0.298 e. The van der Waals surface area contributed by atoms with Gasteiger partial charge in [0.15, 0.2) is 5.78 Å². The molecule has 1 aliphatic carbocycles. The first-order valence-corrected chi connectivity index (χ1v) is 4.65. The Morgan fingerprint density at radius 2 is 2.00 bits per heavy atom. The minimum atomic E-state index is -0.559. The summed E-state index contributed by atoms with van der Waals surface area (Å²) in [6, 6.07) is 2.15. The fourth-order valence-electron chi connectivity index (χ4n) is 1.59. The van der Waals surface area contributed by atoms with Crippen molar-refractivity contribution in [2.75, 3.05) is 0 Å². The number of Topliss-reactive ketones (excluding diaryl/α,β-unsaturated/α-hetero) is 1. The number of carbonyl (C=O) groups excluding carboxylic acids is 1. The highest BCUT2D eigenvalue weighted by molar-refractivity contribution is 5.92. The zero-order chi connectivity index (χ0) is 9.19. The summed E-state index contributed by atoms with van der Waals surface area (Å²) in [5.41, 5.74) is -0.559. The smallest absolute Gasteiger partial charge is 0.156 e. The lowest BCUT2D eigenvalue weighted by atomic mass is 9.88. The van der Waals surface area contributed by atoms with Crippen molar-refractivity contribution in [2.45, 2.75) is 39.5 Å². The zero-order valence-corrected chi connectivity index (χ0v) is 7.76. The maximum Gasteiger partial charge on any atom is 0.156 e. The largest absolute Gasteiger partial charge is 0.298 e. The average Bonchev–Trinajstić information content (AvgIpc) is 2.86. The normalized spacial score (nSPS) is 18.8. The van der Waals surface area contributed by atoms with Gasteiger partial charge in [0, 0.05) is 5.92 Å². The van der Waals surface area contributed by atoms with Gasteiger partial charge in [0.2, 0.25) is 0 Å². The van der Waals surface area contributed by atoms with E-state index in [2.05, 4.69) is 6.07 Å². The van der Waals surface area contributed by atoms with Crippen molar-refractivity contribution in [3.63, 3.8) is 0 Å². The molecule has 0 unspecified atom stereocenters. The molecule has 0 amide bonds. The summed E-state index contributed by atoms with van der Waals surface area (Å²) >= 11 is 0. The van der Waals surface area contributed by atoms with E-state index in [9.17, 15) is 4.79 Å². The first kappa shape index (κ1) is 9.25. The first-order valence-electron chi connectivity index (χ1n) is 4.65. The second-order valence-corrected chi connectivity index (χ2v) is 3.57. The lowest BCUT2D eigenvalue weighted by Crippen LogP contribution is -2.22. The Hall–Kier alpha value is -0.840. The Labute approximate surface area is 73.6 Å². The van der Waals surface area contributed by atoms with Gasteiger partial charge in [0.25, 0.3) is 0 Å². The van der Waals surface area contributed by atoms with Crippen LogP contribution >= 0.6 is 0 Å². The van der Waals surface area contributed by atoms with E-state index in [-0.39, 0.29) is 11.7 Å². The van der Waals surface area contributed by atoms with Crippen LogP contribution in [0.2, 0.25) is 0 Å². The van der Waals surface area contributed by atoms with Crippen molar-refractivity contribution in [3.8, 4) is 6.07 Å². The number of nitrogens with zero attached hydrogens (tertiary/aromatic N) is 1. The highest BCUT2D eigenvalue weighted by Gasteiger charge is 2.51. The van der Waals surface area contributed by atoms with Gasteiger partial charge in [-0.15, -0.1) is 0 Å². The molecule has 1 fully saturated rings. The van der Waals surface area contributed by atoms with Gasteiger partial charge >= 0.3 is 0 Å². The summed E-state index contributed by atoms with van der Waals surface area (Å²) in [5, 5.41) is 8.80. The molecular weight excluding hydrogens is 150 g/mol. The topological polar surface area (TPSA) is 40.9 Å². The molecule has 0 spiro atoms. The number of ketones is 1. The van der Waals surface area contributed by atoms with Gasteiger partial charge in [-0.3, -0.25) is 4.79 Å². The predicted octanol–water partition coefficient (Wildman–Crippen LogP) is 2.30. The Balaban J connectivity index is 2.64. The van der Waals surface area contributed by atoms with E-state index in [0.29, 0.717) is 0 Å². The highest BCUT2D eigenvalue weighted by Crippen LogP contribution is 2.48. The van der Waals surface area contributed by atoms with Crippen molar-refractivity contribution < 1.29 is 4.79 Å². The Bertz CT molecular complexity index is 218. The molecule has 0 N–H and O–H groups in total. The average molecular weight is 165 g/mol. The Morgan fingerprint density at radius 1 is 1.50 bits per heavy atom. The molecule has 1 aliphatic rings. The summed E-state index contributed by atoms with van der Waals surface area (Å²) in [6.45, 7) is 4.03.